The number of nitrogens with zero attached hydrogens (tertiary/aromatic N) is 2. The van der Waals surface area contributed by atoms with Gasteiger partial charge in [-0.25, -0.2) is 0 Å². The maximum Gasteiger partial charge on any atom is 0.174 e. The molecule has 4 heteroatoms. The molecule has 0 amide bonds. The van der Waals surface area contributed by atoms with Crippen molar-refractivity contribution in [3.8, 4) is 0 Å². The number of aliphatic imine (C=N–C) groups is 1. The minimum absolute atomic E-state index is 0.218. The quantitative estimate of drug-likeness (QED) is 0.476. The van der Waals surface area contributed by atoms with E-state index >= 15 is 0 Å². The Labute approximate surface area is 117 Å². The van der Waals surface area contributed by atoms with Crippen LogP contribution in [0.1, 0.15) is 21.7 Å². The second kappa shape index (κ2) is 5.97. The van der Waals surface area contributed by atoms with Crippen molar-refractivity contribution in [2.75, 3.05) is 20.6 Å². The lowest BCUT2D eigenvalue weighted by Gasteiger charge is -2.11. The molecule has 1 aromatic carbocycles. The number of carbonyl (C=O) groups excluding carboxylic acids is 1. The minimum Gasteiger partial charge on any atom is -0.366 e. The number of rotatable bonds is 5. The van der Waals surface area contributed by atoms with Gasteiger partial charge >= 0.3 is 0 Å². The van der Waals surface area contributed by atoms with E-state index in [0.29, 0.717) is 13.0 Å². The van der Waals surface area contributed by atoms with Gasteiger partial charge in [0.2, 0.25) is 0 Å². The van der Waals surface area contributed by atoms with Crippen LogP contribution < -0.4 is 0 Å². The second-order valence-electron chi connectivity index (χ2n) is 4.58. The molecule has 3 nitrogen and oxygen atoms in total. The predicted molar refractivity (Wildman–Crippen MR) is 82.6 cm³/mol. The summed E-state index contributed by atoms with van der Waals surface area (Å²) in [4.78, 5) is 19.0. The number of Topliss-reactive ketones (excluding diaryl/α,β-unsaturated/α-hetero) is 1. The lowest BCUT2D eigenvalue weighted by Crippen LogP contribution is -2.20. The number of fused-ring (bicyclic) bond motifs is 1. The highest BCUT2D eigenvalue weighted by Gasteiger charge is 2.15. The normalized spacial score (nSPS) is 11.3. The Bertz CT molecular complexity index is 616. The first-order valence-corrected chi connectivity index (χ1v) is 7.09. The molecule has 1 aromatic heterocycles. The Hall–Kier alpha value is -1.68. The van der Waals surface area contributed by atoms with Crippen LogP contribution in [0.4, 0.5) is 0 Å². The summed E-state index contributed by atoms with van der Waals surface area (Å²) < 4.78 is 1.19. The van der Waals surface area contributed by atoms with Crippen LogP contribution in [0, 0.1) is 6.92 Å². The molecule has 0 fully saturated rings. The third kappa shape index (κ3) is 3.01. The second-order valence-corrected chi connectivity index (χ2v) is 5.63. The fraction of sp³-hybridized carbons (Fsp3) is 0.333. The van der Waals surface area contributed by atoms with Gasteiger partial charge in [0.1, 0.15) is 0 Å². The fourth-order valence-electron chi connectivity index (χ4n) is 2.09. The molecule has 0 saturated heterocycles. The molecule has 19 heavy (non-hydrogen) atoms. The lowest BCUT2D eigenvalue weighted by atomic mass is 10.1. The summed E-state index contributed by atoms with van der Waals surface area (Å²) in [7, 11) is 3.66. The van der Waals surface area contributed by atoms with E-state index in [-0.39, 0.29) is 5.78 Å². The number of hydrogen-bond acceptors (Lipinski definition) is 3. The average molecular weight is 274 g/mol. The molecule has 0 saturated carbocycles. The summed E-state index contributed by atoms with van der Waals surface area (Å²) in [6.07, 6.45) is 2.27. The summed E-state index contributed by atoms with van der Waals surface area (Å²) in [6, 6.07) is 8.17. The summed E-state index contributed by atoms with van der Waals surface area (Å²) in [5, 5.41) is 1.19. The third-order valence-electron chi connectivity index (χ3n) is 3.10. The maximum absolute atomic E-state index is 12.3. The van der Waals surface area contributed by atoms with Crippen LogP contribution in [0.5, 0.6) is 0 Å². The van der Waals surface area contributed by atoms with E-state index in [1.165, 1.54) is 10.1 Å². The van der Waals surface area contributed by atoms with Gasteiger partial charge in [-0.1, -0.05) is 18.2 Å². The third-order valence-corrected chi connectivity index (χ3v) is 4.41. The number of benzene rings is 1. The van der Waals surface area contributed by atoms with Gasteiger partial charge in [-0.05, 0) is 23.9 Å². The summed E-state index contributed by atoms with van der Waals surface area (Å²) in [5.74, 6) is 0.218. The van der Waals surface area contributed by atoms with Crippen molar-refractivity contribution in [3.05, 3.63) is 34.7 Å². The Morgan fingerprint density at radius 3 is 2.84 bits per heavy atom. The van der Waals surface area contributed by atoms with Gasteiger partial charge in [-0.2, -0.15) is 0 Å². The topological polar surface area (TPSA) is 32.7 Å². The summed E-state index contributed by atoms with van der Waals surface area (Å²) in [6.45, 7) is 2.73. The van der Waals surface area contributed by atoms with Crippen molar-refractivity contribution < 1.29 is 4.79 Å². The van der Waals surface area contributed by atoms with Crippen LogP contribution in [0.2, 0.25) is 0 Å². The van der Waals surface area contributed by atoms with E-state index in [2.05, 4.69) is 17.1 Å². The van der Waals surface area contributed by atoms with Crippen LogP contribution in [0.3, 0.4) is 0 Å². The molecular weight excluding hydrogens is 256 g/mol. The molecule has 0 aliphatic carbocycles. The van der Waals surface area contributed by atoms with Gasteiger partial charge in [0.05, 0.1) is 11.2 Å². The highest BCUT2D eigenvalue weighted by molar-refractivity contribution is 7.21. The Morgan fingerprint density at radius 2 is 2.16 bits per heavy atom. The molecule has 0 bridgehead atoms. The van der Waals surface area contributed by atoms with E-state index in [1.807, 2.05) is 31.0 Å². The molecule has 0 unspecified atom stereocenters. The van der Waals surface area contributed by atoms with Crippen molar-refractivity contribution in [1.29, 1.82) is 0 Å². The van der Waals surface area contributed by atoms with Gasteiger partial charge in [-0.3, -0.25) is 9.79 Å². The van der Waals surface area contributed by atoms with Crippen molar-refractivity contribution in [3.63, 3.8) is 0 Å². The van der Waals surface area contributed by atoms with Crippen molar-refractivity contribution in [2.45, 2.75) is 13.3 Å². The van der Waals surface area contributed by atoms with E-state index in [9.17, 15) is 4.79 Å². The average Bonchev–Trinajstić information content (AvgIpc) is 2.74. The van der Waals surface area contributed by atoms with Crippen molar-refractivity contribution >= 4 is 33.5 Å². The van der Waals surface area contributed by atoms with Gasteiger partial charge < -0.3 is 4.90 Å². The monoisotopic (exact) mass is 274 g/mol. The number of ketones is 1. The fourth-order valence-corrected chi connectivity index (χ4v) is 3.26. The summed E-state index contributed by atoms with van der Waals surface area (Å²) in [5.41, 5.74) is 1.11. The van der Waals surface area contributed by atoms with E-state index < -0.39 is 0 Å². The molecule has 0 aliphatic heterocycles. The number of hydrogen-bond donors (Lipinski definition) is 0. The molecule has 0 N–H and O–H groups in total. The first kappa shape index (κ1) is 13.7. The van der Waals surface area contributed by atoms with Gasteiger partial charge in [-0.15, -0.1) is 11.3 Å². The molecule has 0 spiro atoms. The number of thiophene rings is 1. The van der Waals surface area contributed by atoms with E-state index in [0.717, 1.165) is 10.4 Å². The predicted octanol–water partition coefficient (Wildman–Crippen LogP) is 3.37. The highest BCUT2D eigenvalue weighted by Crippen LogP contribution is 2.31. The van der Waals surface area contributed by atoms with E-state index in [4.69, 9.17) is 0 Å². The molecule has 0 atom stereocenters. The Kier molecular flexibility index (Phi) is 4.32. The zero-order valence-corrected chi connectivity index (χ0v) is 12.3. The molecule has 0 radical (unpaired) electrons. The minimum atomic E-state index is 0.218. The van der Waals surface area contributed by atoms with Crippen molar-refractivity contribution in [2.24, 2.45) is 4.99 Å². The van der Waals surface area contributed by atoms with Crippen LogP contribution in [0.15, 0.2) is 29.3 Å². The first-order valence-electron chi connectivity index (χ1n) is 6.27. The largest absolute Gasteiger partial charge is 0.366 e. The number of carbonyl (C=O) groups is 1. The van der Waals surface area contributed by atoms with Gasteiger partial charge in [0.15, 0.2) is 5.78 Å². The maximum atomic E-state index is 12.3. The molecule has 2 rings (SSSR count). The lowest BCUT2D eigenvalue weighted by molar-refractivity contribution is 0.0980. The molecule has 100 valence electrons. The zero-order chi connectivity index (χ0) is 13.8. The summed E-state index contributed by atoms with van der Waals surface area (Å²) >= 11 is 1.60. The van der Waals surface area contributed by atoms with Gasteiger partial charge in [0, 0.05) is 31.8 Å². The van der Waals surface area contributed by atoms with Crippen LogP contribution in [-0.4, -0.2) is 37.7 Å². The van der Waals surface area contributed by atoms with Crippen molar-refractivity contribution in [1.82, 2.24) is 4.90 Å². The number of aryl methyl sites for hydroxylation is 1. The Balaban J connectivity index is 2.15. The molecular formula is C15H18N2OS. The van der Waals surface area contributed by atoms with Crippen LogP contribution >= 0.6 is 11.3 Å². The first-order chi connectivity index (χ1) is 9.13. The highest BCUT2D eigenvalue weighted by atomic mass is 32.1. The van der Waals surface area contributed by atoms with Crippen LogP contribution in [-0.2, 0) is 0 Å². The van der Waals surface area contributed by atoms with E-state index in [1.54, 1.807) is 24.7 Å². The standard InChI is InChI=1S/C15H18N2OS/c1-11-12-6-4-5-7-14(12)19-15(11)13(18)8-9-17(3)10-16-2/h4-7,10H,8-9H2,1-3H3. The smallest absolute Gasteiger partial charge is 0.174 e. The van der Waals surface area contributed by atoms with Gasteiger partial charge in [0.25, 0.3) is 0 Å². The SMILES string of the molecule is CN=CN(C)CCC(=O)c1sc2ccccc2c1C. The Morgan fingerprint density at radius 1 is 1.42 bits per heavy atom. The molecule has 2 aromatic rings. The molecule has 1 heterocycles. The molecule has 0 aliphatic rings. The zero-order valence-electron chi connectivity index (χ0n) is 11.5. The van der Waals surface area contributed by atoms with Crippen LogP contribution in [0.25, 0.3) is 10.1 Å².